The van der Waals surface area contributed by atoms with Crippen LogP contribution in [0.5, 0.6) is 17.2 Å². The molecule has 0 N–H and O–H groups in total. The Morgan fingerprint density at radius 2 is 1.86 bits per heavy atom. The molecule has 5 heteroatoms. The van der Waals surface area contributed by atoms with Gasteiger partial charge in [-0.1, -0.05) is 0 Å². The lowest BCUT2D eigenvalue weighted by atomic mass is 9.87. The average molecular weight is 302 g/mol. The van der Waals surface area contributed by atoms with Crippen LogP contribution in [-0.2, 0) is 0 Å². The molecule has 0 unspecified atom stereocenters. The lowest BCUT2D eigenvalue weighted by Crippen LogP contribution is -2.39. The quantitative estimate of drug-likeness (QED) is 0.846. The highest BCUT2D eigenvalue weighted by atomic mass is 16.5. The normalized spacial score (nSPS) is 19.3. The molecule has 2 heterocycles. The number of hydrogen-bond acceptors (Lipinski definition) is 5. The third kappa shape index (κ3) is 1.68. The first-order valence-corrected chi connectivity index (χ1v) is 7.56. The van der Waals surface area contributed by atoms with Gasteiger partial charge in [-0.3, -0.25) is 4.79 Å². The van der Waals surface area contributed by atoms with Crippen molar-refractivity contribution in [3.8, 4) is 17.2 Å². The Morgan fingerprint density at radius 3 is 2.55 bits per heavy atom. The Hall–Kier alpha value is -2.17. The van der Waals surface area contributed by atoms with Crippen LogP contribution in [0, 0.1) is 0 Å². The van der Waals surface area contributed by atoms with E-state index in [-0.39, 0.29) is 11.4 Å². The number of hydrogen-bond donors (Lipinski definition) is 0. The Morgan fingerprint density at radius 1 is 1.14 bits per heavy atom. The number of ether oxygens (including phenoxy) is 3. The number of carbonyl (C=O) groups excluding carboxylic acids is 1. The Labute approximate surface area is 128 Å². The van der Waals surface area contributed by atoms with Gasteiger partial charge in [-0.05, 0) is 31.7 Å². The Kier molecular flexibility index (Phi) is 2.86. The fourth-order valence-electron chi connectivity index (χ4n) is 3.80. The van der Waals surface area contributed by atoms with Crippen molar-refractivity contribution >= 4 is 16.8 Å². The summed E-state index contributed by atoms with van der Waals surface area (Å²) < 4.78 is 22.8. The maximum Gasteiger partial charge on any atom is 0.205 e. The minimum atomic E-state index is -0.386. The molecule has 4 rings (SSSR count). The molecule has 2 aromatic rings. The van der Waals surface area contributed by atoms with Gasteiger partial charge in [0.2, 0.25) is 5.75 Å². The molecule has 0 saturated heterocycles. The van der Waals surface area contributed by atoms with Gasteiger partial charge >= 0.3 is 0 Å². The van der Waals surface area contributed by atoms with Gasteiger partial charge < -0.3 is 18.6 Å². The van der Waals surface area contributed by atoms with Gasteiger partial charge in [0.25, 0.3) is 0 Å². The van der Waals surface area contributed by atoms with E-state index < -0.39 is 0 Å². The number of ketones is 1. The van der Waals surface area contributed by atoms with Crippen LogP contribution in [0.2, 0.25) is 0 Å². The second-order valence-electron chi connectivity index (χ2n) is 6.03. The van der Waals surface area contributed by atoms with Crippen LogP contribution in [0.15, 0.2) is 16.7 Å². The smallest absolute Gasteiger partial charge is 0.205 e. The Bertz CT molecular complexity index is 752. The summed E-state index contributed by atoms with van der Waals surface area (Å²) in [5.41, 5.74) is 0.648. The van der Waals surface area contributed by atoms with Gasteiger partial charge in [-0.25, -0.2) is 0 Å². The number of carbonyl (C=O) groups is 1. The maximum absolute atomic E-state index is 12.8. The van der Waals surface area contributed by atoms with Gasteiger partial charge in [0.15, 0.2) is 17.1 Å². The standard InChI is InChI=1S/C17H18O5/c1-19-13-10-5-8-21-14(10)16(20-2)15-12(13)11(18)9-17(22-15)6-3-4-7-17/h5,8H,3-4,6-7,9H2,1-2H3. The number of furan rings is 1. The summed E-state index contributed by atoms with van der Waals surface area (Å²) in [6, 6.07) is 1.78. The van der Waals surface area contributed by atoms with Crippen LogP contribution in [0.3, 0.4) is 0 Å². The van der Waals surface area contributed by atoms with Gasteiger partial charge in [0, 0.05) is 0 Å². The van der Waals surface area contributed by atoms with Crippen molar-refractivity contribution in [2.45, 2.75) is 37.7 Å². The van der Waals surface area contributed by atoms with Crippen LogP contribution in [-0.4, -0.2) is 25.6 Å². The zero-order valence-electron chi connectivity index (χ0n) is 12.7. The van der Waals surface area contributed by atoms with Crippen LogP contribution in [0.4, 0.5) is 0 Å². The van der Waals surface area contributed by atoms with E-state index >= 15 is 0 Å². The van der Waals surface area contributed by atoms with Crippen LogP contribution >= 0.6 is 0 Å². The number of rotatable bonds is 2. The predicted molar refractivity (Wildman–Crippen MR) is 80.1 cm³/mol. The molecule has 0 bridgehead atoms. The van der Waals surface area contributed by atoms with E-state index in [2.05, 4.69) is 0 Å². The van der Waals surface area contributed by atoms with Crippen molar-refractivity contribution in [3.63, 3.8) is 0 Å². The molecule has 5 nitrogen and oxygen atoms in total. The fraction of sp³-hybridized carbons (Fsp3) is 0.471. The molecule has 1 aliphatic carbocycles. The van der Waals surface area contributed by atoms with Crippen LogP contribution in [0.1, 0.15) is 42.5 Å². The summed E-state index contributed by atoms with van der Waals surface area (Å²) in [5.74, 6) is 1.52. The first kappa shape index (κ1) is 13.5. The minimum Gasteiger partial charge on any atom is -0.495 e. The number of Topliss-reactive ketones (excluding diaryl/α,β-unsaturated/α-hetero) is 1. The lowest BCUT2D eigenvalue weighted by molar-refractivity contribution is 0.0425. The molecule has 1 aromatic heterocycles. The van der Waals surface area contributed by atoms with Gasteiger partial charge in [-0.2, -0.15) is 0 Å². The molecule has 22 heavy (non-hydrogen) atoms. The van der Waals surface area contributed by atoms with Gasteiger partial charge in [0.1, 0.15) is 16.9 Å². The second-order valence-corrected chi connectivity index (χ2v) is 6.03. The summed E-state index contributed by atoms with van der Waals surface area (Å²) in [6.45, 7) is 0. The molecule has 116 valence electrons. The highest BCUT2D eigenvalue weighted by molar-refractivity contribution is 6.10. The molecule has 1 fully saturated rings. The molecule has 0 amide bonds. The third-order valence-corrected chi connectivity index (χ3v) is 4.78. The van der Waals surface area contributed by atoms with Crippen molar-refractivity contribution < 1.29 is 23.4 Å². The molecule has 1 saturated carbocycles. The summed E-state index contributed by atoms with van der Waals surface area (Å²) in [6.07, 6.45) is 5.95. The summed E-state index contributed by atoms with van der Waals surface area (Å²) in [4.78, 5) is 12.8. The van der Waals surface area contributed by atoms with E-state index in [0.29, 0.717) is 34.8 Å². The van der Waals surface area contributed by atoms with Crippen LogP contribution in [0.25, 0.3) is 11.0 Å². The van der Waals surface area contributed by atoms with Crippen molar-refractivity contribution in [1.29, 1.82) is 0 Å². The number of benzene rings is 1. The monoisotopic (exact) mass is 302 g/mol. The topological polar surface area (TPSA) is 57.9 Å². The zero-order chi connectivity index (χ0) is 15.3. The van der Waals surface area contributed by atoms with Crippen LogP contribution < -0.4 is 14.2 Å². The van der Waals surface area contributed by atoms with Crippen molar-refractivity contribution in [3.05, 3.63) is 17.9 Å². The summed E-state index contributed by atoms with van der Waals surface area (Å²) in [7, 11) is 3.12. The van der Waals surface area contributed by atoms with Crippen molar-refractivity contribution in [2.75, 3.05) is 14.2 Å². The highest BCUT2D eigenvalue weighted by Crippen LogP contribution is 2.53. The first-order chi connectivity index (χ1) is 10.7. The molecular formula is C17H18O5. The molecule has 2 aliphatic rings. The minimum absolute atomic E-state index is 0.0569. The fourth-order valence-corrected chi connectivity index (χ4v) is 3.80. The van der Waals surface area contributed by atoms with E-state index in [9.17, 15) is 4.79 Å². The molecule has 1 aliphatic heterocycles. The molecule has 0 radical (unpaired) electrons. The molecule has 1 spiro atoms. The zero-order valence-corrected chi connectivity index (χ0v) is 12.7. The Balaban J connectivity index is 2.01. The highest BCUT2D eigenvalue weighted by Gasteiger charge is 2.46. The van der Waals surface area contributed by atoms with E-state index in [1.54, 1.807) is 26.5 Å². The van der Waals surface area contributed by atoms with E-state index in [4.69, 9.17) is 18.6 Å². The van der Waals surface area contributed by atoms with Crippen molar-refractivity contribution in [1.82, 2.24) is 0 Å². The molecular weight excluding hydrogens is 284 g/mol. The van der Waals surface area contributed by atoms with Gasteiger partial charge in [0.05, 0.1) is 32.3 Å². The second kappa shape index (κ2) is 4.66. The van der Waals surface area contributed by atoms with E-state index in [0.717, 1.165) is 31.1 Å². The maximum atomic E-state index is 12.8. The third-order valence-electron chi connectivity index (χ3n) is 4.78. The molecule has 1 aromatic carbocycles. The van der Waals surface area contributed by atoms with E-state index in [1.165, 1.54) is 0 Å². The SMILES string of the molecule is COc1c2c(c(OC)c3occc13)OC1(CCCC1)CC2=O. The lowest BCUT2D eigenvalue weighted by Gasteiger charge is -2.35. The van der Waals surface area contributed by atoms with E-state index in [1.807, 2.05) is 0 Å². The first-order valence-electron chi connectivity index (χ1n) is 7.56. The molecule has 0 atom stereocenters. The summed E-state index contributed by atoms with van der Waals surface area (Å²) in [5, 5.41) is 0.734. The number of methoxy groups -OCH3 is 2. The number of fused-ring (bicyclic) bond motifs is 2. The summed E-state index contributed by atoms with van der Waals surface area (Å²) >= 11 is 0. The predicted octanol–water partition coefficient (Wildman–Crippen LogP) is 3.73. The van der Waals surface area contributed by atoms with Gasteiger partial charge in [-0.15, -0.1) is 0 Å². The van der Waals surface area contributed by atoms with Crippen molar-refractivity contribution in [2.24, 2.45) is 0 Å². The average Bonchev–Trinajstić information content (AvgIpc) is 3.14. The largest absolute Gasteiger partial charge is 0.495 e.